The van der Waals surface area contributed by atoms with Gasteiger partial charge >= 0.3 is 6.18 Å². The number of ether oxygens (including phenoxy) is 1. The zero-order valence-corrected chi connectivity index (χ0v) is 26.8. The van der Waals surface area contributed by atoms with Crippen molar-refractivity contribution in [2.24, 2.45) is 0 Å². The number of aryl methyl sites for hydroxylation is 1. The van der Waals surface area contributed by atoms with Crippen LogP contribution in [0.2, 0.25) is 0 Å². The summed E-state index contributed by atoms with van der Waals surface area (Å²) in [5.41, 5.74) is 2.96. The molecule has 0 saturated carbocycles. The van der Waals surface area contributed by atoms with Crippen LogP contribution in [0.4, 0.5) is 18.9 Å². The Morgan fingerprint density at radius 3 is 2.15 bits per heavy atom. The number of hydrogen-bond acceptors (Lipinski definition) is 6. The number of fused-ring (bicyclic) bond motifs is 1. The monoisotopic (exact) mass is 664 g/mol. The molecule has 0 aliphatic heterocycles. The van der Waals surface area contributed by atoms with Crippen molar-refractivity contribution in [1.29, 1.82) is 0 Å². The molecule has 0 unspecified atom stereocenters. The number of nitrogens with one attached hydrogen (secondary N) is 1. The number of sulfonamides is 1. The molecule has 1 aromatic heterocycles. The highest BCUT2D eigenvalue weighted by molar-refractivity contribution is 7.92. The van der Waals surface area contributed by atoms with Crippen LogP contribution in [-0.2, 0) is 10.0 Å². The molecule has 1 N–H and O–H groups in total. The van der Waals surface area contributed by atoms with Crippen molar-refractivity contribution in [3.8, 4) is 33.9 Å². The van der Waals surface area contributed by atoms with E-state index in [1.54, 1.807) is 43.3 Å². The average molecular weight is 665 g/mol. The van der Waals surface area contributed by atoms with Gasteiger partial charge in [0.25, 0.3) is 5.91 Å². The van der Waals surface area contributed by atoms with Crippen LogP contribution in [0.5, 0.6) is 11.5 Å². The first kappa shape index (κ1) is 33.3. The lowest BCUT2D eigenvalue weighted by Gasteiger charge is -2.21. The minimum atomic E-state index is -4.60. The number of halogens is 3. The van der Waals surface area contributed by atoms with E-state index in [9.17, 15) is 31.2 Å². The summed E-state index contributed by atoms with van der Waals surface area (Å²) < 4.78 is 76.8. The number of amides is 1. The first-order chi connectivity index (χ1) is 22.1. The molecular formula is C35H31F3N2O6S. The minimum absolute atomic E-state index is 0.0644. The normalized spacial score (nSPS) is 11.8. The van der Waals surface area contributed by atoms with Gasteiger partial charge in [0.2, 0.25) is 10.0 Å². The zero-order chi connectivity index (χ0) is 34.1. The summed E-state index contributed by atoms with van der Waals surface area (Å²) in [5.74, 6) is 0.320. The van der Waals surface area contributed by atoms with Crippen molar-refractivity contribution in [3.63, 3.8) is 0 Å². The Morgan fingerprint density at radius 1 is 0.915 bits per heavy atom. The highest BCUT2D eigenvalue weighted by atomic mass is 32.2. The number of nitrogens with zero attached hydrogens (tertiary/aromatic N) is 1. The van der Waals surface area contributed by atoms with Gasteiger partial charge in [0.1, 0.15) is 29.4 Å². The number of carbonyl (C=O) groups excluding carboxylic acids is 2. The van der Waals surface area contributed by atoms with Crippen LogP contribution in [0, 0.1) is 6.92 Å². The lowest BCUT2D eigenvalue weighted by Crippen LogP contribution is -2.33. The number of furan rings is 1. The van der Waals surface area contributed by atoms with Gasteiger partial charge in [-0.3, -0.25) is 13.9 Å². The quantitative estimate of drug-likeness (QED) is 0.151. The molecule has 5 rings (SSSR count). The number of benzene rings is 4. The van der Waals surface area contributed by atoms with Crippen LogP contribution in [-0.4, -0.2) is 46.1 Å². The van der Waals surface area contributed by atoms with E-state index in [1.807, 2.05) is 36.5 Å². The lowest BCUT2D eigenvalue weighted by molar-refractivity contribution is -0.123. The molecule has 0 aliphatic carbocycles. The number of rotatable bonds is 10. The second-order valence-corrected chi connectivity index (χ2v) is 13.0. The number of hydrogen-bond donors (Lipinski definition) is 1. The van der Waals surface area contributed by atoms with Crippen molar-refractivity contribution >= 4 is 38.4 Å². The maximum absolute atomic E-state index is 13.4. The second-order valence-electron chi connectivity index (χ2n) is 11.0. The molecule has 8 nitrogen and oxygen atoms in total. The summed E-state index contributed by atoms with van der Waals surface area (Å²) in [4.78, 5) is 26.0. The SMILES string of the molecule is CCC(=O)c1c(-c2ccc(Oc3ccc(C)cc3)cc2)oc2cc(N(C)S(C)(=O)=O)c(-c3cccc(C(=O)NCC(F)(F)F)c3)cc12. The molecule has 4 aromatic carbocycles. The van der Waals surface area contributed by atoms with Crippen LogP contribution >= 0.6 is 0 Å². The Labute approximate surface area is 269 Å². The van der Waals surface area contributed by atoms with Crippen molar-refractivity contribution < 1.29 is 40.3 Å². The van der Waals surface area contributed by atoms with Crippen LogP contribution in [0.1, 0.15) is 39.6 Å². The van der Waals surface area contributed by atoms with Crippen LogP contribution < -0.4 is 14.4 Å². The first-order valence-electron chi connectivity index (χ1n) is 14.5. The van der Waals surface area contributed by atoms with Gasteiger partial charge in [-0.25, -0.2) is 8.42 Å². The highest BCUT2D eigenvalue weighted by Crippen LogP contribution is 2.42. The minimum Gasteiger partial charge on any atom is -0.457 e. The van der Waals surface area contributed by atoms with Gasteiger partial charge < -0.3 is 14.5 Å². The predicted octanol–water partition coefficient (Wildman–Crippen LogP) is 8.15. The Balaban J connectivity index is 1.63. The molecule has 0 spiro atoms. The molecular weight excluding hydrogens is 633 g/mol. The smallest absolute Gasteiger partial charge is 0.405 e. The van der Waals surface area contributed by atoms with Gasteiger partial charge in [-0.1, -0.05) is 36.8 Å². The fourth-order valence-corrected chi connectivity index (χ4v) is 5.50. The van der Waals surface area contributed by atoms with E-state index >= 15 is 0 Å². The molecule has 12 heteroatoms. The third-order valence-electron chi connectivity index (χ3n) is 7.50. The van der Waals surface area contributed by atoms with E-state index in [4.69, 9.17) is 9.15 Å². The van der Waals surface area contributed by atoms with Crippen molar-refractivity contribution in [2.45, 2.75) is 26.4 Å². The fourth-order valence-electron chi connectivity index (χ4n) is 4.99. The summed E-state index contributed by atoms with van der Waals surface area (Å²) in [5, 5.41) is 2.24. The molecule has 0 aliphatic rings. The maximum Gasteiger partial charge on any atom is 0.405 e. The average Bonchev–Trinajstić information content (AvgIpc) is 3.41. The number of ketones is 1. The van der Waals surface area contributed by atoms with E-state index < -0.39 is 28.7 Å². The molecule has 1 amide bonds. The van der Waals surface area contributed by atoms with Crippen LogP contribution in [0.25, 0.3) is 33.4 Å². The second kappa shape index (κ2) is 13.0. The predicted molar refractivity (Wildman–Crippen MR) is 175 cm³/mol. The summed E-state index contributed by atoms with van der Waals surface area (Å²) in [6, 6.07) is 23.4. The third-order valence-corrected chi connectivity index (χ3v) is 8.69. The largest absolute Gasteiger partial charge is 0.457 e. The number of Topliss-reactive ketones (excluding diaryl/α,β-unsaturated/α-hetero) is 1. The van der Waals surface area contributed by atoms with Gasteiger partial charge in [-0.05, 0) is 67.1 Å². The highest BCUT2D eigenvalue weighted by Gasteiger charge is 2.29. The molecule has 0 radical (unpaired) electrons. The summed E-state index contributed by atoms with van der Waals surface area (Å²) in [6.07, 6.45) is -3.44. The lowest BCUT2D eigenvalue weighted by atomic mass is 9.95. The Hall–Kier alpha value is -5.10. The molecule has 5 aromatic rings. The topological polar surface area (TPSA) is 106 Å². The maximum atomic E-state index is 13.4. The van der Waals surface area contributed by atoms with E-state index in [0.717, 1.165) is 16.1 Å². The Bertz CT molecular complexity index is 2070. The number of anilines is 1. The van der Waals surface area contributed by atoms with Crippen LogP contribution in [0.15, 0.2) is 89.3 Å². The summed E-state index contributed by atoms with van der Waals surface area (Å²) in [6.45, 7) is 2.17. The molecule has 0 bridgehead atoms. The van der Waals surface area contributed by atoms with Gasteiger partial charge in [-0.2, -0.15) is 13.2 Å². The standard InChI is InChI=1S/C35H31F3N2O6S/c1-5-30(41)32-28-18-27(23-7-6-8-24(17-23)34(42)39-20-35(36,37)38)29(40(3)47(4,43)44)19-31(28)46-33(32)22-11-15-26(16-12-22)45-25-13-9-21(2)10-14-25/h6-19H,5,20H2,1-4H3,(H,39,42). The van der Waals surface area contributed by atoms with Gasteiger partial charge in [0.05, 0.1) is 17.5 Å². The molecule has 47 heavy (non-hydrogen) atoms. The van der Waals surface area contributed by atoms with Gasteiger partial charge in [0, 0.05) is 41.6 Å². The zero-order valence-electron chi connectivity index (χ0n) is 25.9. The van der Waals surface area contributed by atoms with Gasteiger partial charge in [-0.15, -0.1) is 0 Å². The van der Waals surface area contributed by atoms with Crippen molar-refractivity contribution in [2.75, 3.05) is 24.2 Å². The molecule has 0 atom stereocenters. The van der Waals surface area contributed by atoms with E-state index in [-0.39, 0.29) is 40.4 Å². The molecule has 244 valence electrons. The third kappa shape index (κ3) is 7.49. The van der Waals surface area contributed by atoms with E-state index in [2.05, 4.69) is 0 Å². The number of carbonyl (C=O) groups is 2. The molecule has 0 saturated heterocycles. The summed E-state index contributed by atoms with van der Waals surface area (Å²) in [7, 11) is -2.47. The first-order valence-corrected chi connectivity index (χ1v) is 16.4. The van der Waals surface area contributed by atoms with Crippen molar-refractivity contribution in [3.05, 3.63) is 102 Å². The van der Waals surface area contributed by atoms with E-state index in [1.165, 1.54) is 31.3 Å². The van der Waals surface area contributed by atoms with Crippen LogP contribution in [0.3, 0.4) is 0 Å². The van der Waals surface area contributed by atoms with Crippen molar-refractivity contribution in [1.82, 2.24) is 5.32 Å². The molecule has 1 heterocycles. The summed E-state index contributed by atoms with van der Waals surface area (Å²) >= 11 is 0. The van der Waals surface area contributed by atoms with Gasteiger partial charge in [0.15, 0.2) is 5.78 Å². The number of alkyl halides is 3. The van der Waals surface area contributed by atoms with E-state index in [0.29, 0.717) is 33.6 Å². The molecule has 0 fully saturated rings. The fraction of sp³-hybridized carbons (Fsp3) is 0.200. The Morgan fingerprint density at radius 2 is 1.55 bits per heavy atom. The Kier molecular flexibility index (Phi) is 9.17.